The SMILES string of the molecule is C=C(/C=C(C#Cc1ccc(OCCCNC)cc1)\C=C(/C)CC)CC. The molecule has 25 heavy (non-hydrogen) atoms. The molecule has 1 rings (SSSR count). The third-order valence-corrected chi connectivity index (χ3v) is 3.82. The van der Waals surface area contributed by atoms with E-state index in [0.29, 0.717) is 0 Å². The minimum atomic E-state index is 0.721. The van der Waals surface area contributed by atoms with Crippen LogP contribution in [0.3, 0.4) is 0 Å². The van der Waals surface area contributed by atoms with Crippen molar-refractivity contribution in [2.24, 2.45) is 0 Å². The van der Waals surface area contributed by atoms with Crippen LogP contribution in [0.5, 0.6) is 5.75 Å². The Morgan fingerprint density at radius 3 is 2.48 bits per heavy atom. The largest absolute Gasteiger partial charge is 0.494 e. The van der Waals surface area contributed by atoms with Crippen LogP contribution >= 0.6 is 0 Å². The number of benzene rings is 1. The van der Waals surface area contributed by atoms with Crippen molar-refractivity contribution in [3.63, 3.8) is 0 Å². The van der Waals surface area contributed by atoms with Crippen LogP contribution in [0.25, 0.3) is 0 Å². The predicted molar refractivity (Wildman–Crippen MR) is 109 cm³/mol. The molecule has 0 atom stereocenters. The van der Waals surface area contributed by atoms with Crippen molar-refractivity contribution >= 4 is 0 Å². The standard InChI is InChI=1S/C23H31NO/c1-6-19(3)17-22(18-20(4)7-2)10-9-21-11-13-23(14-12-21)25-16-8-15-24-5/h11-14,17-18,24H,3,6-8,15-16H2,1-2,4-5H3/b20-18+,22-17-. The Morgan fingerprint density at radius 2 is 1.88 bits per heavy atom. The Balaban J connectivity index is 2.81. The van der Waals surface area contributed by atoms with Crippen LogP contribution in [0.1, 0.15) is 45.6 Å². The maximum Gasteiger partial charge on any atom is 0.119 e. The van der Waals surface area contributed by atoms with Gasteiger partial charge in [-0.15, -0.1) is 0 Å². The van der Waals surface area contributed by atoms with E-state index in [1.165, 1.54) is 5.57 Å². The fourth-order valence-electron chi connectivity index (χ4n) is 2.02. The van der Waals surface area contributed by atoms with E-state index in [9.17, 15) is 0 Å². The summed E-state index contributed by atoms with van der Waals surface area (Å²) in [5.74, 6) is 7.40. The number of hydrogen-bond donors (Lipinski definition) is 1. The third kappa shape index (κ3) is 8.98. The summed E-state index contributed by atoms with van der Waals surface area (Å²) in [6, 6.07) is 7.96. The van der Waals surface area contributed by atoms with Gasteiger partial charge in [-0.05, 0) is 76.2 Å². The van der Waals surface area contributed by atoms with Crippen molar-refractivity contribution in [1.82, 2.24) is 5.32 Å². The van der Waals surface area contributed by atoms with Crippen molar-refractivity contribution in [1.29, 1.82) is 0 Å². The second-order valence-electron chi connectivity index (χ2n) is 6.04. The minimum Gasteiger partial charge on any atom is -0.494 e. The van der Waals surface area contributed by atoms with Crippen molar-refractivity contribution in [3.8, 4) is 17.6 Å². The molecule has 0 spiro atoms. The molecule has 0 aliphatic carbocycles. The Bertz CT molecular complexity index is 654. The smallest absolute Gasteiger partial charge is 0.119 e. The highest BCUT2D eigenvalue weighted by Gasteiger charge is 1.95. The molecular formula is C23H31NO. The van der Waals surface area contributed by atoms with Crippen LogP contribution in [-0.4, -0.2) is 20.2 Å². The molecule has 0 aliphatic heterocycles. The van der Waals surface area contributed by atoms with Crippen molar-refractivity contribution in [3.05, 3.63) is 65.3 Å². The first-order valence-corrected chi connectivity index (χ1v) is 9.05. The minimum absolute atomic E-state index is 0.721. The average Bonchev–Trinajstić information content (AvgIpc) is 2.64. The highest BCUT2D eigenvalue weighted by atomic mass is 16.5. The number of allylic oxidation sites excluding steroid dienone is 5. The number of hydrogen-bond acceptors (Lipinski definition) is 2. The van der Waals surface area contributed by atoms with E-state index in [1.54, 1.807) is 0 Å². The fourth-order valence-corrected chi connectivity index (χ4v) is 2.02. The molecule has 0 heterocycles. The summed E-state index contributed by atoms with van der Waals surface area (Å²) in [6.07, 6.45) is 7.18. The zero-order valence-electron chi connectivity index (χ0n) is 16.1. The second kappa shape index (κ2) is 12.2. The van der Waals surface area contributed by atoms with Gasteiger partial charge in [0.2, 0.25) is 0 Å². The lowest BCUT2D eigenvalue weighted by molar-refractivity contribution is 0.310. The average molecular weight is 338 g/mol. The molecule has 0 unspecified atom stereocenters. The van der Waals surface area contributed by atoms with Crippen molar-refractivity contribution < 1.29 is 4.74 Å². The highest BCUT2D eigenvalue weighted by Crippen LogP contribution is 2.13. The molecule has 0 aliphatic rings. The molecule has 0 saturated carbocycles. The van der Waals surface area contributed by atoms with Gasteiger partial charge in [-0.2, -0.15) is 0 Å². The van der Waals surface area contributed by atoms with Gasteiger partial charge in [-0.3, -0.25) is 0 Å². The van der Waals surface area contributed by atoms with Crippen LogP contribution < -0.4 is 10.1 Å². The molecule has 1 aromatic rings. The van der Waals surface area contributed by atoms with Gasteiger partial charge in [-0.25, -0.2) is 0 Å². The van der Waals surface area contributed by atoms with E-state index >= 15 is 0 Å². The van der Waals surface area contributed by atoms with E-state index in [4.69, 9.17) is 4.74 Å². The number of rotatable bonds is 9. The Hall–Kier alpha value is -2.24. The maximum absolute atomic E-state index is 5.70. The van der Waals surface area contributed by atoms with Crippen LogP contribution in [0.15, 0.2) is 59.7 Å². The zero-order chi connectivity index (χ0) is 18.5. The molecule has 2 heteroatoms. The molecule has 1 aromatic carbocycles. The number of nitrogens with one attached hydrogen (secondary N) is 1. The summed E-state index contributed by atoms with van der Waals surface area (Å²) in [4.78, 5) is 0. The summed E-state index contributed by atoms with van der Waals surface area (Å²) in [5.41, 5.74) is 4.40. The molecule has 0 bridgehead atoms. The van der Waals surface area contributed by atoms with Gasteiger partial charge in [0.25, 0.3) is 0 Å². The molecule has 0 amide bonds. The first-order valence-electron chi connectivity index (χ1n) is 9.05. The van der Waals surface area contributed by atoms with Gasteiger partial charge in [-0.1, -0.05) is 43.4 Å². The summed E-state index contributed by atoms with van der Waals surface area (Å²) >= 11 is 0. The van der Waals surface area contributed by atoms with Crippen molar-refractivity contribution in [2.45, 2.75) is 40.0 Å². The quantitative estimate of drug-likeness (QED) is 0.376. The predicted octanol–water partition coefficient (Wildman–Crippen LogP) is 5.28. The summed E-state index contributed by atoms with van der Waals surface area (Å²) < 4.78 is 5.70. The van der Waals surface area contributed by atoms with Gasteiger partial charge < -0.3 is 10.1 Å². The summed E-state index contributed by atoms with van der Waals surface area (Å²) in [7, 11) is 1.95. The summed E-state index contributed by atoms with van der Waals surface area (Å²) in [5, 5.41) is 3.11. The lowest BCUT2D eigenvalue weighted by atomic mass is 10.1. The van der Waals surface area contributed by atoms with Crippen LogP contribution in [-0.2, 0) is 0 Å². The zero-order valence-corrected chi connectivity index (χ0v) is 16.1. The van der Waals surface area contributed by atoms with Gasteiger partial charge in [0.15, 0.2) is 0 Å². The molecule has 0 aromatic heterocycles. The van der Waals surface area contributed by atoms with Gasteiger partial charge >= 0.3 is 0 Å². The Morgan fingerprint density at radius 1 is 1.16 bits per heavy atom. The number of ether oxygens (including phenoxy) is 1. The molecular weight excluding hydrogens is 306 g/mol. The van der Waals surface area contributed by atoms with Gasteiger partial charge in [0.05, 0.1) is 6.61 Å². The lowest BCUT2D eigenvalue weighted by Crippen LogP contribution is -2.11. The molecule has 134 valence electrons. The molecule has 1 N–H and O–H groups in total. The molecule has 0 fully saturated rings. The van der Waals surface area contributed by atoms with E-state index in [1.807, 2.05) is 31.3 Å². The van der Waals surface area contributed by atoms with Crippen LogP contribution in [0.4, 0.5) is 0 Å². The first-order chi connectivity index (χ1) is 12.1. The third-order valence-electron chi connectivity index (χ3n) is 3.82. The fraction of sp³-hybridized carbons (Fsp3) is 0.391. The van der Waals surface area contributed by atoms with E-state index in [0.717, 1.165) is 54.9 Å². The first kappa shape index (κ1) is 20.8. The van der Waals surface area contributed by atoms with Crippen LogP contribution in [0, 0.1) is 11.8 Å². The topological polar surface area (TPSA) is 21.3 Å². The van der Waals surface area contributed by atoms with E-state index < -0.39 is 0 Å². The molecule has 0 saturated heterocycles. The lowest BCUT2D eigenvalue weighted by Gasteiger charge is -2.05. The van der Waals surface area contributed by atoms with E-state index in [2.05, 4.69) is 56.7 Å². The summed E-state index contributed by atoms with van der Waals surface area (Å²) in [6.45, 7) is 12.1. The Kier molecular flexibility index (Phi) is 10.1. The van der Waals surface area contributed by atoms with Gasteiger partial charge in [0.1, 0.15) is 5.75 Å². The highest BCUT2D eigenvalue weighted by molar-refractivity contribution is 5.49. The monoisotopic (exact) mass is 337 g/mol. The van der Waals surface area contributed by atoms with Crippen LogP contribution in [0.2, 0.25) is 0 Å². The van der Waals surface area contributed by atoms with Gasteiger partial charge in [0, 0.05) is 11.1 Å². The second-order valence-corrected chi connectivity index (χ2v) is 6.04. The maximum atomic E-state index is 5.70. The Labute approximate surface area is 153 Å². The molecule has 0 radical (unpaired) electrons. The normalized spacial score (nSPS) is 11.7. The van der Waals surface area contributed by atoms with Crippen molar-refractivity contribution in [2.75, 3.05) is 20.2 Å². The molecule has 2 nitrogen and oxygen atoms in total. The van der Waals surface area contributed by atoms with E-state index in [-0.39, 0.29) is 0 Å².